The Hall–Kier alpha value is -0.960. The van der Waals surface area contributed by atoms with Crippen molar-refractivity contribution in [3.8, 4) is 0 Å². The van der Waals surface area contributed by atoms with E-state index in [0.29, 0.717) is 26.2 Å². The fraction of sp³-hybridized carbons (Fsp3) is 0.500. The van der Waals surface area contributed by atoms with E-state index in [9.17, 15) is 13.2 Å². The van der Waals surface area contributed by atoms with E-state index in [1.807, 2.05) is 6.92 Å². The standard InChI is InChI=1S/C10H16N2O4S2/c1-2-16-6-5-9(13)12-7-8-3-4-10(17-8)18(11,14)15/h3-4H,2,5-7H2,1H3,(H,12,13)(H2,11,14,15). The average molecular weight is 292 g/mol. The molecule has 0 saturated carbocycles. The number of hydrogen-bond donors (Lipinski definition) is 2. The topological polar surface area (TPSA) is 98.5 Å². The van der Waals surface area contributed by atoms with E-state index in [4.69, 9.17) is 9.88 Å². The lowest BCUT2D eigenvalue weighted by Gasteiger charge is -2.03. The highest BCUT2D eigenvalue weighted by Crippen LogP contribution is 2.19. The minimum atomic E-state index is -3.65. The lowest BCUT2D eigenvalue weighted by Crippen LogP contribution is -2.23. The molecule has 6 nitrogen and oxygen atoms in total. The number of primary sulfonamides is 1. The maximum atomic E-state index is 11.4. The van der Waals surface area contributed by atoms with Crippen molar-refractivity contribution < 1.29 is 17.9 Å². The lowest BCUT2D eigenvalue weighted by atomic mass is 10.4. The molecule has 0 atom stereocenters. The van der Waals surface area contributed by atoms with E-state index >= 15 is 0 Å². The number of sulfonamides is 1. The van der Waals surface area contributed by atoms with Crippen LogP contribution in [0.3, 0.4) is 0 Å². The molecular weight excluding hydrogens is 276 g/mol. The van der Waals surface area contributed by atoms with Gasteiger partial charge in [-0.3, -0.25) is 4.79 Å². The molecule has 0 aliphatic rings. The Morgan fingerprint density at radius 2 is 2.22 bits per heavy atom. The van der Waals surface area contributed by atoms with Crippen molar-refractivity contribution in [2.24, 2.45) is 5.14 Å². The molecule has 102 valence electrons. The third kappa shape index (κ3) is 5.13. The molecule has 0 saturated heterocycles. The molecule has 3 N–H and O–H groups in total. The Kier molecular flexibility index (Phi) is 5.73. The lowest BCUT2D eigenvalue weighted by molar-refractivity contribution is -0.122. The second-order valence-corrected chi connectivity index (χ2v) is 6.45. The highest BCUT2D eigenvalue weighted by molar-refractivity contribution is 7.91. The van der Waals surface area contributed by atoms with Crippen LogP contribution >= 0.6 is 11.3 Å². The quantitative estimate of drug-likeness (QED) is 0.712. The van der Waals surface area contributed by atoms with Crippen molar-refractivity contribution in [1.82, 2.24) is 5.32 Å². The van der Waals surface area contributed by atoms with E-state index in [1.165, 1.54) is 6.07 Å². The van der Waals surface area contributed by atoms with Gasteiger partial charge in [-0.2, -0.15) is 0 Å². The van der Waals surface area contributed by atoms with Gasteiger partial charge >= 0.3 is 0 Å². The highest BCUT2D eigenvalue weighted by Gasteiger charge is 2.11. The molecular formula is C10H16N2O4S2. The molecule has 0 unspecified atom stereocenters. The Labute approximate surface area is 110 Å². The first-order valence-corrected chi connectivity index (χ1v) is 7.75. The van der Waals surface area contributed by atoms with Crippen LogP contribution < -0.4 is 10.5 Å². The second kappa shape index (κ2) is 6.83. The van der Waals surface area contributed by atoms with Gasteiger partial charge < -0.3 is 10.1 Å². The summed E-state index contributed by atoms with van der Waals surface area (Å²) in [7, 11) is -3.65. The molecule has 0 fully saturated rings. The first-order valence-electron chi connectivity index (χ1n) is 5.39. The van der Waals surface area contributed by atoms with Gasteiger partial charge in [0, 0.05) is 17.9 Å². The minimum absolute atomic E-state index is 0.0982. The monoisotopic (exact) mass is 292 g/mol. The fourth-order valence-electron chi connectivity index (χ4n) is 1.19. The van der Waals surface area contributed by atoms with E-state index in [2.05, 4.69) is 5.32 Å². The zero-order chi connectivity index (χ0) is 13.6. The van der Waals surface area contributed by atoms with Gasteiger partial charge in [-0.1, -0.05) is 0 Å². The maximum Gasteiger partial charge on any atom is 0.247 e. The van der Waals surface area contributed by atoms with Gasteiger partial charge in [-0.15, -0.1) is 11.3 Å². The van der Waals surface area contributed by atoms with Gasteiger partial charge in [0.2, 0.25) is 15.9 Å². The van der Waals surface area contributed by atoms with Crippen LogP contribution in [-0.2, 0) is 26.1 Å². The third-order valence-electron chi connectivity index (χ3n) is 2.05. The molecule has 1 heterocycles. The molecule has 0 bridgehead atoms. The summed E-state index contributed by atoms with van der Waals surface area (Å²) in [6, 6.07) is 3.06. The van der Waals surface area contributed by atoms with Crippen molar-refractivity contribution in [3.63, 3.8) is 0 Å². The zero-order valence-electron chi connectivity index (χ0n) is 10.0. The molecule has 8 heteroatoms. The summed E-state index contributed by atoms with van der Waals surface area (Å²) < 4.78 is 27.2. The van der Waals surface area contributed by atoms with Gasteiger partial charge in [0.05, 0.1) is 13.2 Å². The first kappa shape index (κ1) is 15.1. The van der Waals surface area contributed by atoms with E-state index in [-0.39, 0.29) is 10.1 Å². The van der Waals surface area contributed by atoms with Crippen LogP contribution in [0.15, 0.2) is 16.3 Å². The SMILES string of the molecule is CCOCCC(=O)NCc1ccc(S(N)(=O)=O)s1. The van der Waals surface area contributed by atoms with Crippen LogP contribution in [0, 0.1) is 0 Å². The van der Waals surface area contributed by atoms with Gasteiger partial charge in [0.15, 0.2) is 0 Å². The Balaban J connectivity index is 2.40. The summed E-state index contributed by atoms with van der Waals surface area (Å²) in [4.78, 5) is 12.1. The molecule has 0 aliphatic carbocycles. The zero-order valence-corrected chi connectivity index (χ0v) is 11.6. The number of carbonyl (C=O) groups is 1. The molecule has 0 spiro atoms. The van der Waals surface area contributed by atoms with E-state index in [1.54, 1.807) is 6.07 Å². The number of carbonyl (C=O) groups excluding carboxylic acids is 1. The molecule has 18 heavy (non-hydrogen) atoms. The first-order chi connectivity index (χ1) is 8.43. The molecule has 1 aromatic heterocycles. The summed E-state index contributed by atoms with van der Waals surface area (Å²) in [5.74, 6) is -0.131. The molecule has 0 aliphatic heterocycles. The normalized spacial score (nSPS) is 11.4. The predicted octanol–water partition coefficient (Wildman–Crippen LogP) is 0.438. The Bertz CT molecular complexity index is 496. The van der Waals surface area contributed by atoms with Crippen molar-refractivity contribution >= 4 is 27.3 Å². The fourth-order valence-corrected chi connectivity index (χ4v) is 2.91. The third-order valence-corrected chi connectivity index (χ3v) is 4.58. The summed E-state index contributed by atoms with van der Waals surface area (Å²) in [6.07, 6.45) is 0.293. The van der Waals surface area contributed by atoms with Crippen LogP contribution in [-0.4, -0.2) is 27.5 Å². The summed E-state index contributed by atoms with van der Waals surface area (Å²) in [5.41, 5.74) is 0. The van der Waals surface area contributed by atoms with Crippen molar-refractivity contribution in [3.05, 3.63) is 17.0 Å². The van der Waals surface area contributed by atoms with Gasteiger partial charge in [0.1, 0.15) is 4.21 Å². The van der Waals surface area contributed by atoms with Crippen molar-refractivity contribution in [1.29, 1.82) is 0 Å². The number of amides is 1. The number of nitrogens with one attached hydrogen (secondary N) is 1. The van der Waals surface area contributed by atoms with Gasteiger partial charge in [-0.25, -0.2) is 13.6 Å². The van der Waals surface area contributed by atoms with E-state index < -0.39 is 10.0 Å². The van der Waals surface area contributed by atoms with Gasteiger partial charge in [0.25, 0.3) is 0 Å². The molecule has 0 aromatic carbocycles. The van der Waals surface area contributed by atoms with Crippen LogP contribution in [0.5, 0.6) is 0 Å². The number of thiophene rings is 1. The Morgan fingerprint density at radius 3 is 2.78 bits per heavy atom. The Morgan fingerprint density at radius 1 is 1.50 bits per heavy atom. The molecule has 1 rings (SSSR count). The summed E-state index contributed by atoms with van der Waals surface area (Å²) in [5, 5.41) is 7.66. The van der Waals surface area contributed by atoms with Crippen molar-refractivity contribution in [2.75, 3.05) is 13.2 Å². The number of ether oxygens (including phenoxy) is 1. The molecule has 0 radical (unpaired) electrons. The van der Waals surface area contributed by atoms with E-state index in [0.717, 1.165) is 16.2 Å². The van der Waals surface area contributed by atoms with Gasteiger partial charge in [-0.05, 0) is 19.1 Å². The molecule has 1 aromatic rings. The average Bonchev–Trinajstić information content (AvgIpc) is 2.75. The predicted molar refractivity (Wildman–Crippen MR) is 68.6 cm³/mol. The van der Waals surface area contributed by atoms with Crippen molar-refractivity contribution in [2.45, 2.75) is 24.1 Å². The van der Waals surface area contributed by atoms with Crippen LogP contribution in [0.4, 0.5) is 0 Å². The largest absolute Gasteiger partial charge is 0.381 e. The summed E-state index contributed by atoms with van der Waals surface area (Å²) in [6.45, 7) is 3.12. The number of rotatable bonds is 7. The molecule has 1 amide bonds. The summed E-state index contributed by atoms with van der Waals surface area (Å²) >= 11 is 1.05. The second-order valence-electron chi connectivity index (χ2n) is 3.49. The van der Waals surface area contributed by atoms with Crippen LogP contribution in [0.2, 0.25) is 0 Å². The van der Waals surface area contributed by atoms with Crippen LogP contribution in [0.25, 0.3) is 0 Å². The smallest absolute Gasteiger partial charge is 0.247 e. The van der Waals surface area contributed by atoms with Crippen LogP contribution in [0.1, 0.15) is 18.2 Å². The highest BCUT2D eigenvalue weighted by atomic mass is 32.2. The number of hydrogen-bond acceptors (Lipinski definition) is 5. The maximum absolute atomic E-state index is 11.4. The minimum Gasteiger partial charge on any atom is -0.381 e. The number of nitrogens with two attached hydrogens (primary N) is 1.